The van der Waals surface area contributed by atoms with Gasteiger partial charge in [-0.15, -0.1) is 24.0 Å². The summed E-state index contributed by atoms with van der Waals surface area (Å²) in [5.74, 6) is 1.64. The molecule has 5 heteroatoms. The lowest BCUT2D eigenvalue weighted by molar-refractivity contribution is 0.464. The summed E-state index contributed by atoms with van der Waals surface area (Å²) in [6.07, 6.45) is 3.62. The molecule has 118 valence electrons. The molecule has 0 aliphatic heterocycles. The fourth-order valence-electron chi connectivity index (χ4n) is 2.45. The predicted octanol–water partition coefficient (Wildman–Crippen LogP) is 4.23. The molecular weight excluding hydrogens is 441 g/mol. The Morgan fingerprint density at radius 1 is 1.38 bits per heavy atom. The number of benzene rings is 1. The Morgan fingerprint density at radius 2 is 2.05 bits per heavy atom. The maximum atomic E-state index is 4.39. The van der Waals surface area contributed by atoms with Crippen LogP contribution in [0.5, 0.6) is 0 Å². The highest BCUT2D eigenvalue weighted by atomic mass is 127. The van der Waals surface area contributed by atoms with Crippen LogP contribution >= 0.6 is 39.9 Å². The first-order valence-corrected chi connectivity index (χ1v) is 8.15. The molecule has 0 aromatic heterocycles. The maximum Gasteiger partial charge on any atom is 0.193 e. The second kappa shape index (κ2) is 8.98. The number of hydrogen-bond donors (Lipinski definition) is 1. The Kier molecular flexibility index (Phi) is 8.02. The molecule has 1 saturated carbocycles. The Balaban J connectivity index is 0.00000220. The summed E-state index contributed by atoms with van der Waals surface area (Å²) in [5.41, 5.74) is 1.41. The van der Waals surface area contributed by atoms with E-state index in [1.54, 1.807) is 0 Å². The van der Waals surface area contributed by atoms with E-state index >= 15 is 0 Å². The van der Waals surface area contributed by atoms with Crippen molar-refractivity contribution < 1.29 is 0 Å². The molecule has 1 aliphatic carbocycles. The maximum absolute atomic E-state index is 4.39. The molecule has 0 radical (unpaired) electrons. The van der Waals surface area contributed by atoms with Crippen LogP contribution in [-0.4, -0.2) is 37.5 Å². The number of nitrogens with one attached hydrogen (secondary N) is 1. The van der Waals surface area contributed by atoms with Crippen molar-refractivity contribution in [2.24, 2.45) is 4.99 Å². The highest BCUT2D eigenvalue weighted by Gasteiger charge is 2.39. The van der Waals surface area contributed by atoms with Crippen molar-refractivity contribution in [3.05, 3.63) is 34.3 Å². The summed E-state index contributed by atoms with van der Waals surface area (Å²) < 4.78 is 1.14. The van der Waals surface area contributed by atoms with Gasteiger partial charge in [0.15, 0.2) is 5.96 Å². The van der Waals surface area contributed by atoms with Crippen molar-refractivity contribution >= 4 is 45.9 Å². The monoisotopic (exact) mass is 465 g/mol. The molecule has 1 aromatic rings. The molecule has 1 N–H and O–H groups in total. The minimum atomic E-state index is 0. The van der Waals surface area contributed by atoms with Crippen LogP contribution in [0.15, 0.2) is 33.7 Å². The molecule has 0 spiro atoms. The van der Waals surface area contributed by atoms with Crippen LogP contribution < -0.4 is 5.32 Å². The summed E-state index contributed by atoms with van der Waals surface area (Å²) in [7, 11) is 3.98. The first-order chi connectivity index (χ1) is 9.65. The minimum Gasteiger partial charge on any atom is -0.353 e. The van der Waals surface area contributed by atoms with Gasteiger partial charge in [0, 0.05) is 37.1 Å². The Morgan fingerprint density at radius 3 is 2.62 bits per heavy atom. The second-order valence-corrected chi connectivity index (χ2v) is 6.38. The molecule has 0 heterocycles. The molecule has 0 amide bonds. The van der Waals surface area contributed by atoms with Crippen molar-refractivity contribution in [2.75, 3.05) is 20.6 Å². The number of hydrogen-bond acceptors (Lipinski definition) is 1. The standard InChI is InChI=1S/C16H24BrN3.HI/c1-4-5-10-20(3)16(18-2)19-15-11-14(15)12-6-8-13(17)9-7-12;/h6-9,14-15H,4-5,10-11H2,1-3H3,(H,18,19);1H. The second-order valence-electron chi connectivity index (χ2n) is 5.47. The third-order valence-corrected chi connectivity index (χ3v) is 4.35. The van der Waals surface area contributed by atoms with E-state index in [-0.39, 0.29) is 24.0 Å². The van der Waals surface area contributed by atoms with E-state index in [0.29, 0.717) is 12.0 Å². The van der Waals surface area contributed by atoms with Crippen molar-refractivity contribution in [2.45, 2.75) is 38.1 Å². The zero-order chi connectivity index (χ0) is 14.5. The van der Waals surface area contributed by atoms with Crippen molar-refractivity contribution in [1.29, 1.82) is 0 Å². The SMILES string of the molecule is CCCCN(C)C(=NC)NC1CC1c1ccc(Br)cc1.I. The van der Waals surface area contributed by atoms with Gasteiger partial charge in [-0.2, -0.15) is 0 Å². The van der Waals surface area contributed by atoms with Crippen LogP contribution in [-0.2, 0) is 0 Å². The molecule has 2 unspecified atom stereocenters. The average Bonchev–Trinajstić information content (AvgIpc) is 3.22. The number of unbranched alkanes of at least 4 members (excludes halogenated alkanes) is 1. The van der Waals surface area contributed by atoms with Crippen molar-refractivity contribution in [3.8, 4) is 0 Å². The topological polar surface area (TPSA) is 27.6 Å². The Labute approximate surface area is 153 Å². The van der Waals surface area contributed by atoms with Gasteiger partial charge < -0.3 is 10.2 Å². The van der Waals surface area contributed by atoms with Crippen LogP contribution in [0.2, 0.25) is 0 Å². The van der Waals surface area contributed by atoms with E-state index in [2.05, 4.69) is 69.4 Å². The summed E-state index contributed by atoms with van der Waals surface area (Å²) >= 11 is 3.48. The van der Waals surface area contributed by atoms with E-state index in [1.165, 1.54) is 24.8 Å². The van der Waals surface area contributed by atoms with Gasteiger partial charge >= 0.3 is 0 Å². The highest BCUT2D eigenvalue weighted by molar-refractivity contribution is 14.0. The zero-order valence-corrected chi connectivity index (χ0v) is 16.9. The summed E-state index contributed by atoms with van der Waals surface area (Å²) in [6.45, 7) is 3.28. The first kappa shape index (κ1) is 18.7. The van der Waals surface area contributed by atoms with Crippen molar-refractivity contribution in [3.63, 3.8) is 0 Å². The lowest BCUT2D eigenvalue weighted by atomic mass is 10.1. The minimum absolute atomic E-state index is 0. The van der Waals surface area contributed by atoms with E-state index in [0.717, 1.165) is 17.0 Å². The Hall–Kier alpha value is -0.300. The van der Waals surface area contributed by atoms with E-state index in [4.69, 9.17) is 0 Å². The molecule has 21 heavy (non-hydrogen) atoms. The van der Waals surface area contributed by atoms with Gasteiger partial charge in [-0.25, -0.2) is 0 Å². The van der Waals surface area contributed by atoms with Crippen LogP contribution in [0.1, 0.15) is 37.7 Å². The molecule has 1 aliphatic rings. The largest absolute Gasteiger partial charge is 0.353 e. The molecule has 0 bridgehead atoms. The van der Waals surface area contributed by atoms with Gasteiger partial charge in [0.05, 0.1) is 0 Å². The van der Waals surface area contributed by atoms with Crippen LogP contribution in [0.3, 0.4) is 0 Å². The summed E-state index contributed by atoms with van der Waals surface area (Å²) in [5, 5.41) is 3.58. The zero-order valence-electron chi connectivity index (χ0n) is 13.0. The Bertz CT molecular complexity index is 461. The van der Waals surface area contributed by atoms with Crippen LogP contribution in [0.4, 0.5) is 0 Å². The summed E-state index contributed by atoms with van der Waals surface area (Å²) in [6, 6.07) is 9.18. The van der Waals surface area contributed by atoms with Gasteiger partial charge in [0.1, 0.15) is 0 Å². The molecule has 0 saturated heterocycles. The lowest BCUT2D eigenvalue weighted by Gasteiger charge is -2.22. The fraction of sp³-hybridized carbons (Fsp3) is 0.562. The normalized spacial score (nSPS) is 20.7. The van der Waals surface area contributed by atoms with Gasteiger partial charge in [0.2, 0.25) is 0 Å². The van der Waals surface area contributed by atoms with Gasteiger partial charge in [-0.05, 0) is 30.5 Å². The third kappa shape index (κ3) is 5.43. The highest BCUT2D eigenvalue weighted by Crippen LogP contribution is 2.41. The van der Waals surface area contributed by atoms with Crippen LogP contribution in [0.25, 0.3) is 0 Å². The van der Waals surface area contributed by atoms with Gasteiger partial charge in [0.25, 0.3) is 0 Å². The molecule has 2 atom stereocenters. The number of aliphatic imine (C=N–C) groups is 1. The van der Waals surface area contributed by atoms with Crippen LogP contribution in [0, 0.1) is 0 Å². The van der Waals surface area contributed by atoms with Crippen molar-refractivity contribution in [1.82, 2.24) is 10.2 Å². The average molecular weight is 466 g/mol. The van der Waals surface area contributed by atoms with Gasteiger partial charge in [-0.3, -0.25) is 4.99 Å². The fourth-order valence-corrected chi connectivity index (χ4v) is 2.71. The molecule has 3 nitrogen and oxygen atoms in total. The van der Waals surface area contributed by atoms with Gasteiger partial charge in [-0.1, -0.05) is 41.4 Å². The number of guanidine groups is 1. The molecule has 1 aromatic carbocycles. The predicted molar refractivity (Wildman–Crippen MR) is 105 cm³/mol. The molecule has 2 rings (SSSR count). The number of rotatable bonds is 5. The quantitative estimate of drug-likeness (QED) is 0.400. The molecule has 1 fully saturated rings. The first-order valence-electron chi connectivity index (χ1n) is 7.35. The number of nitrogens with zero attached hydrogens (tertiary/aromatic N) is 2. The van der Waals surface area contributed by atoms with E-state index < -0.39 is 0 Å². The lowest BCUT2D eigenvalue weighted by Crippen LogP contribution is -2.40. The third-order valence-electron chi connectivity index (χ3n) is 3.82. The number of halogens is 2. The van der Waals surface area contributed by atoms with E-state index in [1.807, 2.05) is 7.05 Å². The van der Waals surface area contributed by atoms with E-state index in [9.17, 15) is 0 Å². The molecular formula is C16H25BrIN3. The smallest absolute Gasteiger partial charge is 0.193 e. The summed E-state index contributed by atoms with van der Waals surface area (Å²) in [4.78, 5) is 6.61.